The summed E-state index contributed by atoms with van der Waals surface area (Å²) in [7, 11) is 3.34. The molecular formula is C18H17ClN2O3. The van der Waals surface area contributed by atoms with Crippen LogP contribution in [0.3, 0.4) is 0 Å². The van der Waals surface area contributed by atoms with E-state index in [2.05, 4.69) is 4.98 Å². The van der Waals surface area contributed by atoms with E-state index < -0.39 is 0 Å². The summed E-state index contributed by atoms with van der Waals surface area (Å²) < 4.78 is 10.9. The van der Waals surface area contributed by atoms with Gasteiger partial charge in [-0.2, -0.15) is 0 Å². The van der Waals surface area contributed by atoms with Crippen LogP contribution in [-0.2, 0) is 6.54 Å². The van der Waals surface area contributed by atoms with Gasteiger partial charge in [-0.3, -0.25) is 4.79 Å². The second-order valence-corrected chi connectivity index (χ2v) is 5.93. The van der Waals surface area contributed by atoms with Crippen molar-refractivity contribution in [1.29, 1.82) is 0 Å². The Balaban J connectivity index is 1.92. The van der Waals surface area contributed by atoms with Crippen LogP contribution < -0.4 is 4.74 Å². The molecule has 2 heterocycles. The van der Waals surface area contributed by atoms with Crippen LogP contribution in [-0.4, -0.2) is 29.9 Å². The molecule has 5 nitrogen and oxygen atoms in total. The zero-order chi connectivity index (χ0) is 17.3. The Bertz CT molecular complexity index is 887. The van der Waals surface area contributed by atoms with Gasteiger partial charge in [0, 0.05) is 25.2 Å². The van der Waals surface area contributed by atoms with Gasteiger partial charge < -0.3 is 14.1 Å². The molecule has 0 spiro atoms. The molecule has 0 aliphatic rings. The van der Waals surface area contributed by atoms with Crippen molar-refractivity contribution in [3.63, 3.8) is 0 Å². The van der Waals surface area contributed by atoms with Gasteiger partial charge in [-0.1, -0.05) is 17.7 Å². The lowest BCUT2D eigenvalue weighted by atomic mass is 10.1. The van der Waals surface area contributed by atoms with E-state index in [9.17, 15) is 4.79 Å². The Kier molecular flexibility index (Phi) is 4.44. The number of aromatic nitrogens is 1. The molecule has 2 aromatic heterocycles. The maximum Gasteiger partial charge on any atom is 0.258 e. The molecule has 0 fully saturated rings. The fourth-order valence-corrected chi connectivity index (χ4v) is 2.74. The standard InChI is InChI=1S/C18H17ClN2O3/c1-11-17(14-8-13(23-3)5-6-15(14)24-11)18(22)21(2)10-12-4-7-16(19)20-9-12/h4-9H,10H2,1-3H3. The number of aryl methyl sites for hydroxylation is 1. The van der Waals surface area contributed by atoms with E-state index >= 15 is 0 Å². The van der Waals surface area contributed by atoms with Crippen LogP contribution in [0.1, 0.15) is 21.7 Å². The van der Waals surface area contributed by atoms with E-state index in [1.165, 1.54) is 0 Å². The maximum atomic E-state index is 12.9. The fraction of sp³-hybridized carbons (Fsp3) is 0.222. The van der Waals surface area contributed by atoms with E-state index in [0.717, 1.165) is 10.9 Å². The van der Waals surface area contributed by atoms with Gasteiger partial charge >= 0.3 is 0 Å². The van der Waals surface area contributed by atoms with Crippen molar-refractivity contribution in [2.24, 2.45) is 0 Å². The Morgan fingerprint density at radius 1 is 1.33 bits per heavy atom. The zero-order valence-corrected chi connectivity index (χ0v) is 14.4. The van der Waals surface area contributed by atoms with E-state index in [1.54, 1.807) is 44.3 Å². The number of ether oxygens (including phenoxy) is 1. The Hall–Kier alpha value is -2.53. The monoisotopic (exact) mass is 344 g/mol. The van der Waals surface area contributed by atoms with E-state index in [-0.39, 0.29) is 5.91 Å². The lowest BCUT2D eigenvalue weighted by molar-refractivity contribution is 0.0785. The summed E-state index contributed by atoms with van der Waals surface area (Å²) in [5, 5.41) is 1.18. The highest BCUT2D eigenvalue weighted by molar-refractivity contribution is 6.29. The molecule has 0 N–H and O–H groups in total. The van der Waals surface area contributed by atoms with Crippen LogP contribution in [0.4, 0.5) is 0 Å². The number of fused-ring (bicyclic) bond motifs is 1. The number of hydrogen-bond donors (Lipinski definition) is 0. The Labute approximate surface area is 144 Å². The van der Waals surface area contributed by atoms with Gasteiger partial charge in [-0.15, -0.1) is 0 Å². The maximum absolute atomic E-state index is 12.9. The van der Waals surface area contributed by atoms with Crippen molar-refractivity contribution in [1.82, 2.24) is 9.88 Å². The van der Waals surface area contributed by atoms with Crippen molar-refractivity contribution >= 4 is 28.5 Å². The predicted molar refractivity (Wildman–Crippen MR) is 92.5 cm³/mol. The minimum Gasteiger partial charge on any atom is -0.497 e. The molecule has 3 aromatic rings. The van der Waals surface area contributed by atoms with Crippen molar-refractivity contribution in [3.8, 4) is 5.75 Å². The molecular weight excluding hydrogens is 328 g/mol. The minimum absolute atomic E-state index is 0.116. The molecule has 0 unspecified atom stereocenters. The van der Waals surface area contributed by atoms with E-state index in [0.29, 0.717) is 34.4 Å². The van der Waals surface area contributed by atoms with Crippen LogP contribution in [0.15, 0.2) is 40.9 Å². The minimum atomic E-state index is -0.116. The molecule has 6 heteroatoms. The van der Waals surface area contributed by atoms with Gasteiger partial charge in [0.25, 0.3) is 5.91 Å². The topological polar surface area (TPSA) is 55.6 Å². The van der Waals surface area contributed by atoms with E-state index in [1.807, 2.05) is 18.2 Å². The molecule has 0 saturated carbocycles. The molecule has 0 radical (unpaired) electrons. The fourth-order valence-electron chi connectivity index (χ4n) is 2.63. The number of carbonyl (C=O) groups is 1. The number of amides is 1. The lowest BCUT2D eigenvalue weighted by Gasteiger charge is -2.17. The molecule has 3 rings (SSSR count). The van der Waals surface area contributed by atoms with Crippen LogP contribution in [0, 0.1) is 6.92 Å². The number of pyridine rings is 1. The molecule has 24 heavy (non-hydrogen) atoms. The van der Waals surface area contributed by atoms with Crippen molar-refractivity contribution in [2.45, 2.75) is 13.5 Å². The average Bonchev–Trinajstić information content (AvgIpc) is 2.90. The molecule has 124 valence electrons. The van der Waals surface area contributed by atoms with Gasteiger partial charge in [-0.05, 0) is 36.8 Å². The number of carbonyl (C=O) groups excluding carboxylic acids is 1. The lowest BCUT2D eigenvalue weighted by Crippen LogP contribution is -2.26. The highest BCUT2D eigenvalue weighted by Crippen LogP contribution is 2.30. The second kappa shape index (κ2) is 6.53. The SMILES string of the molecule is COc1ccc2oc(C)c(C(=O)N(C)Cc3ccc(Cl)nc3)c2c1. The number of benzene rings is 1. The first kappa shape index (κ1) is 16.3. The smallest absolute Gasteiger partial charge is 0.258 e. The number of furan rings is 1. The summed E-state index contributed by atoms with van der Waals surface area (Å²) in [6.07, 6.45) is 1.66. The van der Waals surface area contributed by atoms with Gasteiger partial charge in [-0.25, -0.2) is 4.98 Å². The first-order valence-corrected chi connectivity index (χ1v) is 7.80. The highest BCUT2D eigenvalue weighted by Gasteiger charge is 2.22. The molecule has 0 saturated heterocycles. The molecule has 0 aliphatic carbocycles. The summed E-state index contributed by atoms with van der Waals surface area (Å²) in [6, 6.07) is 8.99. The van der Waals surface area contributed by atoms with Gasteiger partial charge in [0.05, 0.1) is 12.7 Å². The average molecular weight is 345 g/mol. The Morgan fingerprint density at radius 3 is 2.79 bits per heavy atom. The zero-order valence-electron chi connectivity index (χ0n) is 13.7. The number of nitrogens with zero attached hydrogens (tertiary/aromatic N) is 2. The molecule has 0 bridgehead atoms. The van der Waals surface area contributed by atoms with Gasteiger partial charge in [0.1, 0.15) is 22.2 Å². The summed E-state index contributed by atoms with van der Waals surface area (Å²) in [6.45, 7) is 2.22. The first-order chi connectivity index (χ1) is 11.5. The van der Waals surface area contributed by atoms with Crippen molar-refractivity contribution in [3.05, 3.63) is 58.6 Å². The van der Waals surface area contributed by atoms with Crippen molar-refractivity contribution in [2.75, 3.05) is 14.2 Å². The third-order valence-electron chi connectivity index (χ3n) is 3.84. The quantitative estimate of drug-likeness (QED) is 0.669. The first-order valence-electron chi connectivity index (χ1n) is 7.42. The van der Waals surface area contributed by atoms with E-state index in [4.69, 9.17) is 20.8 Å². The third-order valence-corrected chi connectivity index (χ3v) is 4.06. The second-order valence-electron chi connectivity index (χ2n) is 5.55. The summed E-state index contributed by atoms with van der Waals surface area (Å²) in [5.41, 5.74) is 2.12. The summed E-state index contributed by atoms with van der Waals surface area (Å²) in [5.74, 6) is 1.15. The molecule has 0 aliphatic heterocycles. The van der Waals surface area contributed by atoms with Gasteiger partial charge in [0.2, 0.25) is 0 Å². The Morgan fingerprint density at radius 2 is 2.12 bits per heavy atom. The summed E-state index contributed by atoms with van der Waals surface area (Å²) >= 11 is 5.79. The van der Waals surface area contributed by atoms with Crippen LogP contribution >= 0.6 is 11.6 Å². The number of methoxy groups -OCH3 is 1. The normalized spacial score (nSPS) is 10.8. The summed E-state index contributed by atoms with van der Waals surface area (Å²) in [4.78, 5) is 18.6. The molecule has 0 atom stereocenters. The third kappa shape index (κ3) is 3.08. The molecule has 1 aromatic carbocycles. The van der Waals surface area contributed by atoms with Gasteiger partial charge in [0.15, 0.2) is 0 Å². The number of rotatable bonds is 4. The molecule has 1 amide bonds. The predicted octanol–water partition coefficient (Wildman–Crippen LogP) is 4.07. The van der Waals surface area contributed by atoms with Crippen molar-refractivity contribution < 1.29 is 13.9 Å². The van der Waals surface area contributed by atoms with Crippen LogP contribution in [0.25, 0.3) is 11.0 Å². The number of hydrogen-bond acceptors (Lipinski definition) is 4. The highest BCUT2D eigenvalue weighted by atomic mass is 35.5. The van der Waals surface area contributed by atoms with Crippen LogP contribution in [0.2, 0.25) is 5.15 Å². The number of halogens is 1. The largest absolute Gasteiger partial charge is 0.497 e. The van der Waals surface area contributed by atoms with Crippen LogP contribution in [0.5, 0.6) is 5.75 Å².